The highest BCUT2D eigenvalue weighted by Gasteiger charge is 2.14. The molecule has 1 aliphatic rings. The van der Waals surface area contributed by atoms with Crippen LogP contribution in [0.4, 0.5) is 0 Å². The molecule has 0 aliphatic heterocycles. The first-order chi connectivity index (χ1) is 12.3. The summed E-state index contributed by atoms with van der Waals surface area (Å²) in [7, 11) is -3.70. The lowest BCUT2D eigenvalue weighted by Gasteiger charge is -2.15. The predicted octanol–water partition coefficient (Wildman–Crippen LogP) is 2.79. The van der Waals surface area contributed by atoms with Gasteiger partial charge in [-0.2, -0.15) is 0 Å². The molecule has 26 heavy (non-hydrogen) atoms. The summed E-state index contributed by atoms with van der Waals surface area (Å²) in [6, 6.07) is 12.5. The van der Waals surface area contributed by atoms with Gasteiger partial charge >= 0.3 is 0 Å². The van der Waals surface area contributed by atoms with Crippen molar-refractivity contribution < 1.29 is 13.2 Å². The standard InChI is InChI=1S/C19H22N2O3S2/c1-13(14-6-9-18(10-7-14)26(20,23)24)21-19(22)12-25-17-8-5-15-3-2-4-16(15)11-17/h5-11,13H,2-4,12H2,1H3,(H,21,22)(H2,20,23,24)/t13-/m0/s1. The van der Waals surface area contributed by atoms with Gasteiger partial charge < -0.3 is 5.32 Å². The summed E-state index contributed by atoms with van der Waals surface area (Å²) in [5.41, 5.74) is 3.65. The second-order valence-corrected chi connectivity index (χ2v) is 9.09. The van der Waals surface area contributed by atoms with Crippen molar-refractivity contribution in [3.63, 3.8) is 0 Å². The van der Waals surface area contributed by atoms with Crippen LogP contribution in [0.15, 0.2) is 52.3 Å². The monoisotopic (exact) mass is 390 g/mol. The summed E-state index contributed by atoms with van der Waals surface area (Å²) in [6.45, 7) is 1.86. The highest BCUT2D eigenvalue weighted by Crippen LogP contribution is 2.27. The van der Waals surface area contributed by atoms with E-state index in [1.54, 1.807) is 12.1 Å². The van der Waals surface area contributed by atoms with Crippen LogP contribution in [0.25, 0.3) is 0 Å². The molecule has 2 aromatic rings. The Hall–Kier alpha value is -1.83. The fourth-order valence-electron chi connectivity index (χ4n) is 3.10. The minimum Gasteiger partial charge on any atom is -0.349 e. The molecule has 3 N–H and O–H groups in total. The van der Waals surface area contributed by atoms with Gasteiger partial charge in [0.25, 0.3) is 0 Å². The van der Waals surface area contributed by atoms with E-state index in [1.807, 2.05) is 6.92 Å². The number of fused-ring (bicyclic) bond motifs is 1. The lowest BCUT2D eigenvalue weighted by molar-refractivity contribution is -0.119. The molecule has 2 aromatic carbocycles. The Morgan fingerprint density at radius 3 is 2.54 bits per heavy atom. The summed E-state index contributed by atoms with van der Waals surface area (Å²) < 4.78 is 22.6. The molecule has 7 heteroatoms. The topological polar surface area (TPSA) is 89.3 Å². The molecule has 0 fully saturated rings. The Kier molecular flexibility index (Phi) is 5.70. The predicted molar refractivity (Wildman–Crippen MR) is 104 cm³/mol. The second kappa shape index (κ2) is 7.82. The zero-order valence-electron chi connectivity index (χ0n) is 14.6. The minimum absolute atomic E-state index is 0.0569. The molecule has 0 aromatic heterocycles. The van der Waals surface area contributed by atoms with Crippen molar-refractivity contribution in [2.75, 3.05) is 5.75 Å². The largest absolute Gasteiger partial charge is 0.349 e. The normalized spacial score (nSPS) is 14.7. The maximum absolute atomic E-state index is 12.2. The number of carbonyl (C=O) groups excluding carboxylic acids is 1. The first-order valence-corrected chi connectivity index (χ1v) is 11.0. The smallest absolute Gasteiger partial charge is 0.238 e. The number of hydrogen-bond acceptors (Lipinski definition) is 4. The summed E-state index contributed by atoms with van der Waals surface area (Å²) >= 11 is 1.53. The van der Waals surface area contributed by atoms with Gasteiger partial charge in [-0.1, -0.05) is 18.2 Å². The number of rotatable bonds is 6. The van der Waals surface area contributed by atoms with Gasteiger partial charge in [0.1, 0.15) is 0 Å². The van der Waals surface area contributed by atoms with Gasteiger partial charge in [0.15, 0.2) is 0 Å². The van der Waals surface area contributed by atoms with Crippen LogP contribution in [0.1, 0.15) is 36.1 Å². The second-order valence-electron chi connectivity index (χ2n) is 6.48. The van der Waals surface area contributed by atoms with Crippen molar-refractivity contribution in [2.24, 2.45) is 5.14 Å². The van der Waals surface area contributed by atoms with Crippen molar-refractivity contribution in [1.82, 2.24) is 5.32 Å². The number of nitrogens with two attached hydrogens (primary N) is 1. The number of carbonyl (C=O) groups is 1. The van der Waals surface area contributed by atoms with Crippen molar-refractivity contribution in [3.8, 4) is 0 Å². The van der Waals surface area contributed by atoms with E-state index in [9.17, 15) is 13.2 Å². The van der Waals surface area contributed by atoms with E-state index in [0.717, 1.165) is 23.3 Å². The number of amides is 1. The lowest BCUT2D eigenvalue weighted by atomic mass is 10.1. The fourth-order valence-corrected chi connectivity index (χ4v) is 4.39. The highest BCUT2D eigenvalue weighted by atomic mass is 32.2. The van der Waals surface area contributed by atoms with Gasteiger partial charge in [-0.3, -0.25) is 4.79 Å². The van der Waals surface area contributed by atoms with Crippen molar-refractivity contribution in [2.45, 2.75) is 42.0 Å². The number of thioether (sulfide) groups is 1. The molecular formula is C19H22N2O3S2. The van der Waals surface area contributed by atoms with Crippen LogP contribution in [0.2, 0.25) is 0 Å². The van der Waals surface area contributed by atoms with Gasteiger partial charge in [0.2, 0.25) is 15.9 Å². The molecule has 138 valence electrons. The van der Waals surface area contributed by atoms with E-state index in [1.165, 1.54) is 41.4 Å². The van der Waals surface area contributed by atoms with Crippen molar-refractivity contribution in [1.29, 1.82) is 0 Å². The molecule has 1 atom stereocenters. The first-order valence-electron chi connectivity index (χ1n) is 8.49. The molecule has 0 saturated carbocycles. The molecule has 3 rings (SSSR count). The minimum atomic E-state index is -3.70. The van der Waals surface area contributed by atoms with E-state index in [-0.39, 0.29) is 16.8 Å². The molecule has 0 radical (unpaired) electrons. The summed E-state index contributed by atoms with van der Waals surface area (Å²) in [5.74, 6) is 0.289. The molecular weight excluding hydrogens is 368 g/mol. The summed E-state index contributed by atoms with van der Waals surface area (Å²) in [6.07, 6.45) is 3.50. The number of hydrogen-bond donors (Lipinski definition) is 2. The average Bonchev–Trinajstić information content (AvgIpc) is 3.07. The van der Waals surface area contributed by atoms with Crippen LogP contribution in [0.3, 0.4) is 0 Å². The Morgan fingerprint density at radius 2 is 1.85 bits per heavy atom. The van der Waals surface area contributed by atoms with Gasteiger partial charge in [-0.15, -0.1) is 11.8 Å². The summed E-state index contributed by atoms with van der Waals surface area (Å²) in [4.78, 5) is 13.4. The zero-order valence-corrected chi connectivity index (χ0v) is 16.2. The van der Waals surface area contributed by atoms with E-state index in [4.69, 9.17) is 5.14 Å². The molecule has 5 nitrogen and oxygen atoms in total. The molecule has 0 unspecified atom stereocenters. The fraction of sp³-hybridized carbons (Fsp3) is 0.316. The SMILES string of the molecule is C[C@H](NC(=O)CSc1ccc2c(c1)CCC2)c1ccc(S(N)(=O)=O)cc1. The Balaban J connectivity index is 1.54. The molecule has 0 saturated heterocycles. The lowest BCUT2D eigenvalue weighted by Crippen LogP contribution is -2.28. The molecule has 0 bridgehead atoms. The van der Waals surface area contributed by atoms with E-state index in [2.05, 4.69) is 23.5 Å². The van der Waals surface area contributed by atoms with Gasteiger partial charge in [0.05, 0.1) is 16.7 Å². The van der Waals surface area contributed by atoms with Crippen LogP contribution in [-0.4, -0.2) is 20.1 Å². The third-order valence-electron chi connectivity index (χ3n) is 4.53. The number of nitrogens with one attached hydrogen (secondary N) is 1. The average molecular weight is 391 g/mol. The van der Waals surface area contributed by atoms with Crippen molar-refractivity contribution >= 4 is 27.7 Å². The van der Waals surface area contributed by atoms with Gasteiger partial charge in [-0.05, 0) is 67.1 Å². The molecule has 1 amide bonds. The van der Waals surface area contributed by atoms with Crippen LogP contribution in [-0.2, 0) is 27.7 Å². The van der Waals surface area contributed by atoms with E-state index < -0.39 is 10.0 Å². The molecule has 0 heterocycles. The number of benzene rings is 2. The molecule has 0 spiro atoms. The van der Waals surface area contributed by atoms with E-state index in [0.29, 0.717) is 5.75 Å². The number of primary sulfonamides is 1. The third-order valence-corrected chi connectivity index (χ3v) is 6.45. The van der Waals surface area contributed by atoms with E-state index >= 15 is 0 Å². The maximum atomic E-state index is 12.2. The zero-order chi connectivity index (χ0) is 18.7. The van der Waals surface area contributed by atoms with Gasteiger partial charge in [-0.25, -0.2) is 13.6 Å². The van der Waals surface area contributed by atoms with Crippen LogP contribution in [0.5, 0.6) is 0 Å². The number of aryl methyl sites for hydroxylation is 2. The maximum Gasteiger partial charge on any atom is 0.238 e. The Bertz CT molecular complexity index is 909. The molecule has 1 aliphatic carbocycles. The summed E-state index contributed by atoms with van der Waals surface area (Å²) in [5, 5.41) is 8.03. The quantitative estimate of drug-likeness (QED) is 0.742. The van der Waals surface area contributed by atoms with Gasteiger partial charge in [0, 0.05) is 4.90 Å². The number of sulfonamides is 1. The van der Waals surface area contributed by atoms with Crippen LogP contribution in [0, 0.1) is 0 Å². The first kappa shape index (κ1) is 18.9. The highest BCUT2D eigenvalue weighted by molar-refractivity contribution is 8.00. The van der Waals surface area contributed by atoms with Crippen LogP contribution >= 0.6 is 11.8 Å². The third kappa shape index (κ3) is 4.66. The Labute approximate surface area is 158 Å². The van der Waals surface area contributed by atoms with Crippen LogP contribution < -0.4 is 10.5 Å². The van der Waals surface area contributed by atoms with Crippen molar-refractivity contribution in [3.05, 3.63) is 59.2 Å². The Morgan fingerprint density at radius 1 is 1.15 bits per heavy atom.